The molecule has 208 valence electrons. The van der Waals surface area contributed by atoms with Crippen LogP contribution in [0.3, 0.4) is 0 Å². The summed E-state index contributed by atoms with van der Waals surface area (Å²) in [6, 6.07) is 18.9. The number of hydrogen-bond donors (Lipinski definition) is 1. The van der Waals surface area contributed by atoms with E-state index in [0.29, 0.717) is 10.6 Å². The maximum Gasteiger partial charge on any atom is 0.264 e. The molecule has 0 saturated heterocycles. The minimum absolute atomic E-state index is 0.00929. The van der Waals surface area contributed by atoms with Crippen LogP contribution in [0, 0.1) is 6.92 Å². The zero-order valence-corrected chi connectivity index (χ0v) is 24.3. The van der Waals surface area contributed by atoms with Gasteiger partial charge in [0.1, 0.15) is 18.3 Å². The van der Waals surface area contributed by atoms with E-state index < -0.39 is 28.5 Å². The quantitative estimate of drug-likeness (QED) is 0.357. The number of benzene rings is 3. The molecule has 0 aromatic heterocycles. The molecule has 10 heteroatoms. The van der Waals surface area contributed by atoms with E-state index in [2.05, 4.69) is 5.32 Å². The van der Waals surface area contributed by atoms with E-state index in [-0.39, 0.29) is 34.8 Å². The van der Waals surface area contributed by atoms with Crippen molar-refractivity contribution in [3.8, 4) is 5.75 Å². The number of nitrogens with zero attached hydrogens (tertiary/aromatic N) is 2. The molecule has 0 saturated carbocycles. The Kier molecular flexibility index (Phi) is 9.99. The molecular formula is C29H34ClN3O5S. The van der Waals surface area contributed by atoms with Crippen molar-refractivity contribution in [2.24, 2.45) is 0 Å². The van der Waals surface area contributed by atoms with Crippen LogP contribution in [0.4, 0.5) is 5.69 Å². The lowest BCUT2D eigenvalue weighted by molar-refractivity contribution is -0.139. The highest BCUT2D eigenvalue weighted by Crippen LogP contribution is 2.33. The normalized spacial score (nSPS) is 12.1. The number of aryl methyl sites for hydroxylation is 1. The van der Waals surface area contributed by atoms with Crippen LogP contribution in [0.15, 0.2) is 77.7 Å². The van der Waals surface area contributed by atoms with Crippen LogP contribution in [0.2, 0.25) is 5.02 Å². The summed E-state index contributed by atoms with van der Waals surface area (Å²) >= 11 is 6.39. The summed E-state index contributed by atoms with van der Waals surface area (Å²) in [5.74, 6) is -0.656. The lowest BCUT2D eigenvalue weighted by Crippen LogP contribution is -2.52. The third-order valence-electron chi connectivity index (χ3n) is 6.11. The summed E-state index contributed by atoms with van der Waals surface area (Å²) < 4.78 is 34.4. The van der Waals surface area contributed by atoms with Crippen molar-refractivity contribution in [2.45, 2.75) is 51.2 Å². The zero-order valence-electron chi connectivity index (χ0n) is 22.7. The predicted octanol–water partition coefficient (Wildman–Crippen LogP) is 4.79. The largest absolute Gasteiger partial charge is 0.495 e. The number of amides is 2. The third kappa shape index (κ3) is 7.30. The highest BCUT2D eigenvalue weighted by Gasteiger charge is 2.34. The number of hydrogen-bond acceptors (Lipinski definition) is 5. The number of sulfonamides is 1. The van der Waals surface area contributed by atoms with Gasteiger partial charge < -0.3 is 15.0 Å². The Morgan fingerprint density at radius 2 is 1.62 bits per heavy atom. The molecule has 0 aliphatic heterocycles. The summed E-state index contributed by atoms with van der Waals surface area (Å²) in [6.45, 7) is 6.51. The van der Waals surface area contributed by atoms with Gasteiger partial charge in [-0.3, -0.25) is 13.9 Å². The molecule has 0 heterocycles. The molecule has 8 nitrogen and oxygen atoms in total. The lowest BCUT2D eigenvalue weighted by Gasteiger charge is -2.33. The third-order valence-corrected chi connectivity index (χ3v) is 8.25. The Hall–Kier alpha value is -3.56. The second kappa shape index (κ2) is 13.0. The standard InChI is InChI=1S/C29H34ClN3O5S/c1-20(2)31-29(35)22(4)32(18-23-11-9-10-14-25(23)30)28(34)19-33(26-17-21(3)15-16-27(26)38-5)39(36,37)24-12-7-6-8-13-24/h6-17,20,22H,18-19H2,1-5H3,(H,31,35)/t22-/m1/s1. The van der Waals surface area contributed by atoms with Gasteiger partial charge in [0.2, 0.25) is 11.8 Å². The van der Waals surface area contributed by atoms with Crippen LogP contribution in [-0.2, 0) is 26.2 Å². The number of carbonyl (C=O) groups is 2. The van der Waals surface area contributed by atoms with Crippen LogP contribution in [0.5, 0.6) is 5.75 Å². The average molecular weight is 572 g/mol. The summed E-state index contributed by atoms with van der Waals surface area (Å²) in [7, 11) is -2.76. The van der Waals surface area contributed by atoms with Gasteiger partial charge in [-0.05, 0) is 69.2 Å². The first-order valence-corrected chi connectivity index (χ1v) is 14.3. The molecule has 0 fully saturated rings. The Labute approximate surface area is 235 Å². The lowest BCUT2D eigenvalue weighted by atomic mass is 10.1. The molecular weight excluding hydrogens is 538 g/mol. The number of anilines is 1. The number of nitrogens with one attached hydrogen (secondary N) is 1. The summed E-state index contributed by atoms with van der Waals surface area (Å²) in [4.78, 5) is 28.4. The second-order valence-corrected chi connectivity index (χ2v) is 11.7. The van der Waals surface area contributed by atoms with Crippen LogP contribution in [-0.4, -0.2) is 50.9 Å². The molecule has 1 atom stereocenters. The fourth-order valence-electron chi connectivity index (χ4n) is 4.03. The highest BCUT2D eigenvalue weighted by atomic mass is 35.5. The van der Waals surface area contributed by atoms with Gasteiger partial charge in [-0.2, -0.15) is 0 Å². The molecule has 0 bridgehead atoms. The number of ether oxygens (including phenoxy) is 1. The summed E-state index contributed by atoms with van der Waals surface area (Å²) in [5, 5.41) is 3.26. The Morgan fingerprint density at radius 3 is 2.23 bits per heavy atom. The zero-order chi connectivity index (χ0) is 28.7. The van der Waals surface area contributed by atoms with Crippen LogP contribution in [0.25, 0.3) is 0 Å². The van der Waals surface area contributed by atoms with Crippen molar-refractivity contribution in [3.63, 3.8) is 0 Å². The first-order chi connectivity index (χ1) is 18.4. The van der Waals surface area contributed by atoms with E-state index >= 15 is 0 Å². The predicted molar refractivity (Wildman–Crippen MR) is 153 cm³/mol. The monoisotopic (exact) mass is 571 g/mol. The molecule has 0 aliphatic carbocycles. The summed E-state index contributed by atoms with van der Waals surface area (Å²) in [6.07, 6.45) is 0. The highest BCUT2D eigenvalue weighted by molar-refractivity contribution is 7.92. The van der Waals surface area contributed by atoms with Crippen molar-refractivity contribution in [1.29, 1.82) is 0 Å². The van der Waals surface area contributed by atoms with Gasteiger partial charge in [0.15, 0.2) is 0 Å². The number of carbonyl (C=O) groups excluding carboxylic acids is 2. The maximum atomic E-state index is 14.0. The smallest absolute Gasteiger partial charge is 0.264 e. The van der Waals surface area contributed by atoms with Crippen molar-refractivity contribution in [3.05, 3.63) is 88.9 Å². The molecule has 3 aromatic rings. The van der Waals surface area contributed by atoms with E-state index in [1.807, 2.05) is 20.8 Å². The Bertz CT molecular complexity index is 1410. The fourth-order valence-corrected chi connectivity index (χ4v) is 5.66. The number of halogens is 1. The van der Waals surface area contributed by atoms with Gasteiger partial charge in [-0.15, -0.1) is 0 Å². The van der Waals surface area contributed by atoms with Crippen molar-refractivity contribution < 1.29 is 22.7 Å². The molecule has 3 aromatic carbocycles. The molecule has 0 aliphatic rings. The van der Waals surface area contributed by atoms with Gasteiger partial charge >= 0.3 is 0 Å². The topological polar surface area (TPSA) is 96.0 Å². The first-order valence-electron chi connectivity index (χ1n) is 12.5. The number of rotatable bonds is 11. The molecule has 2 amide bonds. The second-order valence-electron chi connectivity index (χ2n) is 9.45. The fraction of sp³-hybridized carbons (Fsp3) is 0.310. The molecule has 1 N–H and O–H groups in total. The Balaban J connectivity index is 2.10. The van der Waals surface area contributed by atoms with Crippen molar-refractivity contribution in [1.82, 2.24) is 10.2 Å². The van der Waals surface area contributed by atoms with E-state index in [9.17, 15) is 18.0 Å². The minimum atomic E-state index is -4.20. The van der Waals surface area contributed by atoms with Gasteiger partial charge in [0.25, 0.3) is 10.0 Å². The Morgan fingerprint density at radius 1 is 0.974 bits per heavy atom. The van der Waals surface area contributed by atoms with Crippen LogP contribution in [0.1, 0.15) is 31.9 Å². The van der Waals surface area contributed by atoms with Crippen LogP contribution >= 0.6 is 11.6 Å². The molecule has 0 unspecified atom stereocenters. The minimum Gasteiger partial charge on any atom is -0.495 e. The van der Waals surface area contributed by atoms with E-state index in [1.54, 1.807) is 67.6 Å². The maximum absolute atomic E-state index is 14.0. The molecule has 39 heavy (non-hydrogen) atoms. The van der Waals surface area contributed by atoms with Gasteiger partial charge in [-0.1, -0.05) is 54.1 Å². The molecule has 0 radical (unpaired) electrons. The van der Waals surface area contributed by atoms with E-state index in [4.69, 9.17) is 16.3 Å². The SMILES string of the molecule is COc1ccc(C)cc1N(CC(=O)N(Cc1ccccc1Cl)[C@H](C)C(=O)NC(C)C)S(=O)(=O)c1ccccc1. The van der Waals surface area contributed by atoms with Gasteiger partial charge in [0, 0.05) is 17.6 Å². The number of methoxy groups -OCH3 is 1. The van der Waals surface area contributed by atoms with E-state index in [0.717, 1.165) is 9.87 Å². The van der Waals surface area contributed by atoms with Crippen LogP contribution < -0.4 is 14.4 Å². The average Bonchev–Trinajstić information content (AvgIpc) is 2.90. The molecule has 0 spiro atoms. The van der Waals surface area contributed by atoms with Gasteiger partial charge in [-0.25, -0.2) is 8.42 Å². The van der Waals surface area contributed by atoms with Crippen molar-refractivity contribution in [2.75, 3.05) is 18.0 Å². The first kappa shape index (κ1) is 30.0. The summed E-state index contributed by atoms with van der Waals surface area (Å²) in [5.41, 5.74) is 1.62. The van der Waals surface area contributed by atoms with Crippen molar-refractivity contribution >= 4 is 39.1 Å². The van der Waals surface area contributed by atoms with Gasteiger partial charge in [0.05, 0.1) is 17.7 Å². The van der Waals surface area contributed by atoms with E-state index in [1.165, 1.54) is 24.1 Å². The molecule has 3 rings (SSSR count).